The first-order chi connectivity index (χ1) is 6.86. The van der Waals surface area contributed by atoms with E-state index in [1.807, 2.05) is 0 Å². The smallest absolute Gasteiger partial charge is 0.00695 e. The molecule has 0 amide bonds. The SMILES string of the molecule is CCCNC(CCC)CC1CCCC1. The first-order valence-corrected chi connectivity index (χ1v) is 6.60. The number of rotatable bonds is 7. The molecule has 0 aromatic carbocycles. The van der Waals surface area contributed by atoms with Crippen LogP contribution < -0.4 is 5.32 Å². The van der Waals surface area contributed by atoms with Gasteiger partial charge in [-0.25, -0.2) is 0 Å². The molecule has 0 aromatic heterocycles. The highest BCUT2D eigenvalue weighted by atomic mass is 14.9. The maximum atomic E-state index is 3.70. The van der Waals surface area contributed by atoms with Crippen LogP contribution in [0.5, 0.6) is 0 Å². The van der Waals surface area contributed by atoms with Gasteiger partial charge in [0, 0.05) is 6.04 Å². The van der Waals surface area contributed by atoms with Crippen molar-refractivity contribution in [1.29, 1.82) is 0 Å². The van der Waals surface area contributed by atoms with Crippen molar-refractivity contribution >= 4 is 0 Å². The molecule has 1 atom stereocenters. The summed E-state index contributed by atoms with van der Waals surface area (Å²) < 4.78 is 0. The second-order valence-corrected chi connectivity index (χ2v) is 4.83. The van der Waals surface area contributed by atoms with Gasteiger partial charge in [-0.1, -0.05) is 46.0 Å². The van der Waals surface area contributed by atoms with Crippen LogP contribution in [0, 0.1) is 5.92 Å². The predicted molar refractivity (Wildman–Crippen MR) is 63.6 cm³/mol. The van der Waals surface area contributed by atoms with Gasteiger partial charge >= 0.3 is 0 Å². The molecule has 1 nitrogen and oxygen atoms in total. The lowest BCUT2D eigenvalue weighted by atomic mass is 9.95. The van der Waals surface area contributed by atoms with E-state index in [1.54, 1.807) is 0 Å². The van der Waals surface area contributed by atoms with Crippen molar-refractivity contribution < 1.29 is 0 Å². The number of hydrogen-bond acceptors (Lipinski definition) is 1. The van der Waals surface area contributed by atoms with Gasteiger partial charge in [-0.2, -0.15) is 0 Å². The third kappa shape index (κ3) is 4.45. The Morgan fingerprint density at radius 3 is 2.43 bits per heavy atom. The molecule has 0 spiro atoms. The van der Waals surface area contributed by atoms with Gasteiger partial charge < -0.3 is 5.32 Å². The van der Waals surface area contributed by atoms with Crippen molar-refractivity contribution in [1.82, 2.24) is 5.32 Å². The van der Waals surface area contributed by atoms with Gasteiger partial charge in [-0.3, -0.25) is 0 Å². The highest BCUT2D eigenvalue weighted by Gasteiger charge is 2.18. The minimum atomic E-state index is 0.808. The molecular formula is C13H27N. The first kappa shape index (κ1) is 12.0. The zero-order valence-corrected chi connectivity index (χ0v) is 10.0. The van der Waals surface area contributed by atoms with Crippen LogP contribution in [0.1, 0.15) is 65.2 Å². The minimum Gasteiger partial charge on any atom is -0.314 e. The molecule has 1 saturated carbocycles. The van der Waals surface area contributed by atoms with Crippen molar-refractivity contribution in [2.45, 2.75) is 71.3 Å². The topological polar surface area (TPSA) is 12.0 Å². The molecule has 84 valence electrons. The summed E-state index contributed by atoms with van der Waals surface area (Å²) in [4.78, 5) is 0. The summed E-state index contributed by atoms with van der Waals surface area (Å²) in [5.41, 5.74) is 0. The summed E-state index contributed by atoms with van der Waals surface area (Å²) in [7, 11) is 0. The van der Waals surface area contributed by atoms with Gasteiger partial charge in [-0.05, 0) is 31.7 Å². The molecule has 14 heavy (non-hydrogen) atoms. The summed E-state index contributed by atoms with van der Waals surface area (Å²) in [6.45, 7) is 5.76. The van der Waals surface area contributed by atoms with Crippen LogP contribution in [-0.2, 0) is 0 Å². The van der Waals surface area contributed by atoms with E-state index in [0.29, 0.717) is 0 Å². The van der Waals surface area contributed by atoms with Gasteiger partial charge in [0.2, 0.25) is 0 Å². The fourth-order valence-corrected chi connectivity index (χ4v) is 2.65. The monoisotopic (exact) mass is 197 g/mol. The lowest BCUT2D eigenvalue weighted by Crippen LogP contribution is -2.31. The summed E-state index contributed by atoms with van der Waals surface area (Å²) in [6.07, 6.45) is 11.4. The first-order valence-electron chi connectivity index (χ1n) is 6.60. The van der Waals surface area contributed by atoms with Gasteiger partial charge in [0.05, 0.1) is 0 Å². The fraction of sp³-hybridized carbons (Fsp3) is 1.00. The van der Waals surface area contributed by atoms with Gasteiger partial charge in [0.25, 0.3) is 0 Å². The molecule has 0 aromatic rings. The fourth-order valence-electron chi connectivity index (χ4n) is 2.65. The second-order valence-electron chi connectivity index (χ2n) is 4.83. The quantitative estimate of drug-likeness (QED) is 0.655. The molecule has 1 N–H and O–H groups in total. The van der Waals surface area contributed by atoms with E-state index in [4.69, 9.17) is 0 Å². The lowest BCUT2D eigenvalue weighted by Gasteiger charge is -2.21. The zero-order chi connectivity index (χ0) is 10.2. The Morgan fingerprint density at radius 1 is 1.14 bits per heavy atom. The van der Waals surface area contributed by atoms with E-state index in [1.165, 1.54) is 57.9 Å². The van der Waals surface area contributed by atoms with E-state index in [-0.39, 0.29) is 0 Å². The molecule has 0 saturated heterocycles. The molecular weight excluding hydrogens is 170 g/mol. The van der Waals surface area contributed by atoms with Crippen LogP contribution in [0.3, 0.4) is 0 Å². The molecule has 1 aliphatic rings. The van der Waals surface area contributed by atoms with Crippen molar-refractivity contribution in [3.63, 3.8) is 0 Å². The Bertz CT molecular complexity index is 127. The maximum Gasteiger partial charge on any atom is 0.00695 e. The highest BCUT2D eigenvalue weighted by molar-refractivity contribution is 4.75. The zero-order valence-electron chi connectivity index (χ0n) is 10.0. The number of nitrogens with one attached hydrogen (secondary N) is 1. The molecule has 0 radical (unpaired) electrons. The number of hydrogen-bond donors (Lipinski definition) is 1. The van der Waals surface area contributed by atoms with Crippen LogP contribution in [0.2, 0.25) is 0 Å². The minimum absolute atomic E-state index is 0.808. The average Bonchev–Trinajstić information content (AvgIpc) is 2.67. The molecule has 0 bridgehead atoms. The maximum absolute atomic E-state index is 3.70. The molecule has 1 heteroatoms. The molecule has 0 heterocycles. The summed E-state index contributed by atoms with van der Waals surface area (Å²) in [5.74, 6) is 1.04. The Morgan fingerprint density at radius 2 is 1.86 bits per heavy atom. The standard InChI is InChI=1S/C13H27N/c1-3-7-13(14-10-4-2)11-12-8-5-6-9-12/h12-14H,3-11H2,1-2H3. The summed E-state index contributed by atoms with van der Waals surface area (Å²) >= 11 is 0. The summed E-state index contributed by atoms with van der Waals surface area (Å²) in [6, 6.07) is 0.808. The van der Waals surface area contributed by atoms with Crippen LogP contribution >= 0.6 is 0 Å². The molecule has 1 rings (SSSR count). The van der Waals surface area contributed by atoms with Crippen LogP contribution in [0.4, 0.5) is 0 Å². The Kier molecular flexibility index (Phi) is 6.25. The molecule has 0 aliphatic heterocycles. The molecule has 1 aliphatic carbocycles. The highest BCUT2D eigenvalue weighted by Crippen LogP contribution is 2.29. The second kappa shape index (κ2) is 7.28. The van der Waals surface area contributed by atoms with Crippen molar-refractivity contribution in [2.75, 3.05) is 6.54 Å². The largest absolute Gasteiger partial charge is 0.314 e. The Balaban J connectivity index is 2.18. The van der Waals surface area contributed by atoms with Crippen molar-refractivity contribution in [3.05, 3.63) is 0 Å². The Labute approximate surface area is 89.7 Å². The third-order valence-corrected chi connectivity index (χ3v) is 3.41. The van der Waals surface area contributed by atoms with Gasteiger partial charge in [0.1, 0.15) is 0 Å². The van der Waals surface area contributed by atoms with E-state index >= 15 is 0 Å². The van der Waals surface area contributed by atoms with E-state index < -0.39 is 0 Å². The predicted octanol–water partition coefficient (Wildman–Crippen LogP) is 3.74. The lowest BCUT2D eigenvalue weighted by molar-refractivity contribution is 0.369. The van der Waals surface area contributed by atoms with Gasteiger partial charge in [-0.15, -0.1) is 0 Å². The third-order valence-electron chi connectivity index (χ3n) is 3.41. The molecule has 1 fully saturated rings. The molecule has 1 unspecified atom stereocenters. The van der Waals surface area contributed by atoms with E-state index in [0.717, 1.165) is 12.0 Å². The summed E-state index contributed by atoms with van der Waals surface area (Å²) in [5, 5.41) is 3.70. The van der Waals surface area contributed by atoms with Crippen LogP contribution in [-0.4, -0.2) is 12.6 Å². The average molecular weight is 197 g/mol. The van der Waals surface area contributed by atoms with Crippen LogP contribution in [0.15, 0.2) is 0 Å². The van der Waals surface area contributed by atoms with Crippen molar-refractivity contribution in [3.8, 4) is 0 Å². The van der Waals surface area contributed by atoms with E-state index in [2.05, 4.69) is 19.2 Å². The van der Waals surface area contributed by atoms with E-state index in [9.17, 15) is 0 Å². The van der Waals surface area contributed by atoms with Crippen molar-refractivity contribution in [2.24, 2.45) is 5.92 Å². The normalized spacial score (nSPS) is 20.1. The Hall–Kier alpha value is -0.0400. The van der Waals surface area contributed by atoms with Crippen LogP contribution in [0.25, 0.3) is 0 Å². The van der Waals surface area contributed by atoms with Gasteiger partial charge in [0.15, 0.2) is 0 Å².